The van der Waals surface area contributed by atoms with E-state index >= 15 is 0 Å². The zero-order valence-corrected chi connectivity index (χ0v) is 8.56. The summed E-state index contributed by atoms with van der Waals surface area (Å²) < 4.78 is 10.4. The van der Waals surface area contributed by atoms with E-state index in [-0.39, 0.29) is 6.61 Å². The minimum absolute atomic E-state index is 0.133. The second-order valence-electron chi connectivity index (χ2n) is 3.85. The van der Waals surface area contributed by atoms with Crippen LogP contribution in [0.3, 0.4) is 0 Å². The summed E-state index contributed by atoms with van der Waals surface area (Å²) in [6.45, 7) is 3.47. The first-order valence-electron chi connectivity index (χ1n) is 4.56. The molecule has 0 aromatic heterocycles. The number of carboxylic acids is 1. The molecular formula is C9H13O6-. The van der Waals surface area contributed by atoms with E-state index in [1.807, 2.05) is 0 Å². The van der Waals surface area contributed by atoms with Gasteiger partial charge >= 0.3 is 0 Å². The molecule has 0 aromatic carbocycles. The van der Waals surface area contributed by atoms with Crippen molar-refractivity contribution < 1.29 is 29.3 Å². The fraction of sp³-hybridized carbons (Fsp3) is 0.778. The van der Waals surface area contributed by atoms with Crippen molar-refractivity contribution in [1.82, 2.24) is 0 Å². The number of carboxylic acid groups (broad SMARTS) is 1. The first kappa shape index (κ1) is 12.1. The van der Waals surface area contributed by atoms with Crippen LogP contribution in [-0.2, 0) is 19.1 Å². The minimum Gasteiger partial charge on any atom is -0.542 e. The van der Waals surface area contributed by atoms with E-state index in [2.05, 4.69) is 0 Å². The number of hydrogen-bond donors (Lipinski definition) is 1. The van der Waals surface area contributed by atoms with E-state index < -0.39 is 36.2 Å². The van der Waals surface area contributed by atoms with Crippen molar-refractivity contribution in [2.24, 2.45) is 0 Å². The van der Waals surface area contributed by atoms with Gasteiger partial charge in [0.1, 0.15) is 12.1 Å². The molecule has 0 radical (unpaired) electrons. The number of aliphatic hydroxyl groups excluding tert-OH is 1. The van der Waals surface area contributed by atoms with Crippen molar-refractivity contribution in [3.63, 3.8) is 0 Å². The normalized spacial score (nSPS) is 26.2. The maximum atomic E-state index is 10.8. The Kier molecular flexibility index (Phi) is 3.43. The molecule has 0 spiro atoms. The van der Waals surface area contributed by atoms with Gasteiger partial charge in [0.05, 0.1) is 12.7 Å². The summed E-state index contributed by atoms with van der Waals surface area (Å²) >= 11 is 0. The van der Waals surface area contributed by atoms with E-state index in [1.165, 1.54) is 0 Å². The highest BCUT2D eigenvalue weighted by Crippen LogP contribution is 2.25. The van der Waals surface area contributed by atoms with Crippen LogP contribution in [0.4, 0.5) is 0 Å². The number of ketones is 1. The van der Waals surface area contributed by atoms with E-state index in [4.69, 9.17) is 9.47 Å². The molecule has 0 aliphatic carbocycles. The third kappa shape index (κ3) is 3.26. The Labute approximate surface area is 86.8 Å². The SMILES string of the molecule is CC1(C)OC[C@H]([C@@H](O)CC(=O)C(=O)[O-])O1. The maximum Gasteiger partial charge on any atom is 0.180 e. The van der Waals surface area contributed by atoms with Crippen LogP contribution >= 0.6 is 0 Å². The number of carbonyl (C=O) groups excluding carboxylic acids is 2. The first-order valence-corrected chi connectivity index (χ1v) is 4.56. The largest absolute Gasteiger partial charge is 0.542 e. The standard InChI is InChI=1S/C9H14O6/c1-9(2)14-4-7(15-9)5(10)3-6(11)8(12)13/h5,7,10H,3-4H2,1-2H3,(H,12,13)/p-1/t5-,7+/m0/s1. The van der Waals surface area contributed by atoms with E-state index in [1.54, 1.807) is 13.8 Å². The van der Waals surface area contributed by atoms with Gasteiger partial charge < -0.3 is 24.5 Å². The van der Waals surface area contributed by atoms with Crippen LogP contribution in [-0.4, -0.2) is 41.5 Å². The van der Waals surface area contributed by atoms with E-state index in [0.717, 1.165) is 0 Å². The Morgan fingerprint density at radius 2 is 2.20 bits per heavy atom. The van der Waals surface area contributed by atoms with Gasteiger partial charge in [0, 0.05) is 6.42 Å². The lowest BCUT2D eigenvalue weighted by atomic mass is 10.1. The zero-order chi connectivity index (χ0) is 11.6. The summed E-state index contributed by atoms with van der Waals surface area (Å²) in [4.78, 5) is 20.9. The molecule has 15 heavy (non-hydrogen) atoms. The third-order valence-electron chi connectivity index (χ3n) is 2.08. The topological polar surface area (TPSA) is 95.9 Å². The Balaban J connectivity index is 2.45. The van der Waals surface area contributed by atoms with Gasteiger partial charge in [-0.1, -0.05) is 0 Å². The molecule has 86 valence electrons. The Morgan fingerprint density at radius 3 is 2.60 bits per heavy atom. The van der Waals surface area contributed by atoms with Crippen molar-refractivity contribution in [1.29, 1.82) is 0 Å². The monoisotopic (exact) mass is 217 g/mol. The van der Waals surface area contributed by atoms with Gasteiger partial charge in [-0.3, -0.25) is 4.79 Å². The average molecular weight is 217 g/mol. The van der Waals surface area contributed by atoms with Crippen molar-refractivity contribution in [2.45, 2.75) is 38.3 Å². The van der Waals surface area contributed by atoms with Gasteiger partial charge in [-0.15, -0.1) is 0 Å². The summed E-state index contributed by atoms with van der Waals surface area (Å²) in [5, 5.41) is 19.6. The van der Waals surface area contributed by atoms with Gasteiger partial charge in [0.25, 0.3) is 0 Å². The smallest absolute Gasteiger partial charge is 0.180 e. The van der Waals surface area contributed by atoms with Gasteiger partial charge in [-0.25, -0.2) is 0 Å². The van der Waals surface area contributed by atoms with Crippen LogP contribution in [0, 0.1) is 0 Å². The van der Waals surface area contributed by atoms with Crippen LogP contribution in [0.2, 0.25) is 0 Å². The van der Waals surface area contributed by atoms with Gasteiger partial charge in [-0.05, 0) is 13.8 Å². The van der Waals surface area contributed by atoms with Crippen LogP contribution in [0.5, 0.6) is 0 Å². The van der Waals surface area contributed by atoms with Crippen molar-refractivity contribution in [3.8, 4) is 0 Å². The molecule has 1 aliphatic rings. The van der Waals surface area contributed by atoms with E-state index in [0.29, 0.717) is 0 Å². The Hall–Kier alpha value is -0.980. The molecule has 6 heteroatoms. The highest BCUT2D eigenvalue weighted by molar-refractivity contribution is 6.31. The lowest BCUT2D eigenvalue weighted by Gasteiger charge is -2.20. The first-order chi connectivity index (χ1) is 6.82. The van der Waals surface area contributed by atoms with Gasteiger partial charge in [-0.2, -0.15) is 0 Å². The number of aliphatic carboxylic acids is 1. The molecule has 1 fully saturated rings. The Morgan fingerprint density at radius 1 is 1.60 bits per heavy atom. The highest BCUT2D eigenvalue weighted by atomic mass is 16.7. The average Bonchev–Trinajstić information content (AvgIpc) is 2.45. The summed E-state index contributed by atoms with van der Waals surface area (Å²) in [6.07, 6.45) is -2.38. The second kappa shape index (κ2) is 4.26. The van der Waals surface area contributed by atoms with Gasteiger partial charge in [0.2, 0.25) is 0 Å². The molecule has 0 saturated carbocycles. The van der Waals surface area contributed by atoms with E-state index in [9.17, 15) is 19.8 Å². The minimum atomic E-state index is -1.80. The highest BCUT2D eigenvalue weighted by Gasteiger charge is 2.37. The lowest BCUT2D eigenvalue weighted by Crippen LogP contribution is -2.38. The molecule has 2 atom stereocenters. The quantitative estimate of drug-likeness (QED) is 0.558. The lowest BCUT2D eigenvalue weighted by molar-refractivity contribution is -0.300. The molecule has 6 nitrogen and oxygen atoms in total. The molecule has 0 amide bonds. The van der Waals surface area contributed by atoms with Crippen LogP contribution in [0.25, 0.3) is 0 Å². The fourth-order valence-electron chi connectivity index (χ4n) is 1.31. The van der Waals surface area contributed by atoms with Crippen LogP contribution in [0.1, 0.15) is 20.3 Å². The molecule has 1 N–H and O–H groups in total. The number of ether oxygens (including phenoxy) is 2. The van der Waals surface area contributed by atoms with Crippen molar-refractivity contribution in [3.05, 3.63) is 0 Å². The molecule has 1 heterocycles. The van der Waals surface area contributed by atoms with Crippen LogP contribution < -0.4 is 5.11 Å². The van der Waals surface area contributed by atoms with Crippen molar-refractivity contribution >= 4 is 11.8 Å². The molecule has 0 unspecified atom stereocenters. The molecule has 1 aliphatic heterocycles. The Bertz CT molecular complexity index is 272. The second-order valence-corrected chi connectivity index (χ2v) is 3.85. The number of hydrogen-bond acceptors (Lipinski definition) is 6. The molecule has 1 rings (SSSR count). The summed E-state index contributed by atoms with van der Waals surface area (Å²) in [5.74, 6) is -3.75. The van der Waals surface area contributed by atoms with Crippen molar-refractivity contribution in [2.75, 3.05) is 6.61 Å². The fourth-order valence-corrected chi connectivity index (χ4v) is 1.31. The zero-order valence-electron chi connectivity index (χ0n) is 8.56. The predicted octanol–water partition coefficient (Wildman–Crippen LogP) is -1.79. The molecule has 0 aromatic rings. The number of carbonyl (C=O) groups is 2. The van der Waals surface area contributed by atoms with Gasteiger partial charge in [0.15, 0.2) is 11.6 Å². The van der Waals surface area contributed by atoms with Crippen LogP contribution in [0.15, 0.2) is 0 Å². The maximum absolute atomic E-state index is 10.8. The predicted molar refractivity (Wildman–Crippen MR) is 45.5 cm³/mol. The third-order valence-corrected chi connectivity index (χ3v) is 2.08. The number of rotatable bonds is 4. The summed E-state index contributed by atoms with van der Waals surface area (Å²) in [5.41, 5.74) is 0. The summed E-state index contributed by atoms with van der Waals surface area (Å²) in [6, 6.07) is 0. The number of aliphatic hydroxyl groups is 1. The summed E-state index contributed by atoms with van der Waals surface area (Å²) in [7, 11) is 0. The number of Topliss-reactive ketones (excluding diaryl/α,β-unsaturated/α-hetero) is 1. The molecule has 0 bridgehead atoms. The molecular weight excluding hydrogens is 204 g/mol. The molecule has 1 saturated heterocycles.